The molecule has 1 heterocycles. The van der Waals surface area contributed by atoms with Gasteiger partial charge in [0.1, 0.15) is 0 Å². The standard InChI is InChI=1S/C14H19ClN2O2/c1-2-19-14(18)10-4-3-7-17(9-10)13-6-5-11(16)8-12(13)15/h5-6,8,10H,2-4,7,9,16H2,1H3/t10-/m0/s1. The van der Waals surface area contributed by atoms with Gasteiger partial charge in [-0.05, 0) is 38.0 Å². The number of esters is 1. The maximum atomic E-state index is 11.8. The molecule has 0 aliphatic carbocycles. The predicted molar refractivity (Wildman–Crippen MR) is 77.4 cm³/mol. The summed E-state index contributed by atoms with van der Waals surface area (Å²) in [5.74, 6) is -0.180. The molecule has 5 heteroatoms. The van der Waals surface area contributed by atoms with Crippen LogP contribution in [0.5, 0.6) is 0 Å². The second-order valence-electron chi connectivity index (χ2n) is 4.75. The van der Waals surface area contributed by atoms with Gasteiger partial charge >= 0.3 is 5.97 Å². The Kier molecular flexibility index (Phi) is 4.53. The Morgan fingerprint density at radius 3 is 3.05 bits per heavy atom. The molecule has 1 saturated heterocycles. The fourth-order valence-corrected chi connectivity index (χ4v) is 2.74. The van der Waals surface area contributed by atoms with E-state index >= 15 is 0 Å². The van der Waals surface area contributed by atoms with E-state index in [2.05, 4.69) is 4.90 Å². The lowest BCUT2D eigenvalue weighted by molar-refractivity contribution is -0.148. The highest BCUT2D eigenvalue weighted by atomic mass is 35.5. The number of carbonyl (C=O) groups is 1. The van der Waals surface area contributed by atoms with Gasteiger partial charge in [0.15, 0.2) is 0 Å². The summed E-state index contributed by atoms with van der Waals surface area (Å²) in [6.45, 7) is 3.81. The summed E-state index contributed by atoms with van der Waals surface area (Å²) in [4.78, 5) is 13.9. The molecule has 1 aliphatic rings. The highest BCUT2D eigenvalue weighted by molar-refractivity contribution is 6.33. The van der Waals surface area contributed by atoms with E-state index in [9.17, 15) is 4.79 Å². The van der Waals surface area contributed by atoms with Gasteiger partial charge in [-0.3, -0.25) is 4.79 Å². The molecule has 1 fully saturated rings. The molecule has 0 spiro atoms. The molecule has 0 saturated carbocycles. The van der Waals surface area contributed by atoms with E-state index in [0.717, 1.165) is 25.1 Å². The van der Waals surface area contributed by atoms with Crippen molar-refractivity contribution in [1.29, 1.82) is 0 Å². The fourth-order valence-electron chi connectivity index (χ4n) is 2.43. The van der Waals surface area contributed by atoms with Gasteiger partial charge in [0.05, 0.1) is 23.2 Å². The largest absolute Gasteiger partial charge is 0.466 e. The molecule has 1 atom stereocenters. The number of nitrogens with two attached hydrogens (primary N) is 1. The number of piperidine rings is 1. The first kappa shape index (κ1) is 14.0. The molecule has 2 N–H and O–H groups in total. The third kappa shape index (κ3) is 3.32. The SMILES string of the molecule is CCOC(=O)[C@H]1CCCN(c2ccc(N)cc2Cl)C1. The van der Waals surface area contributed by atoms with Crippen molar-refractivity contribution in [1.82, 2.24) is 0 Å². The first-order valence-corrected chi connectivity index (χ1v) is 6.96. The van der Waals surface area contributed by atoms with E-state index in [1.165, 1.54) is 0 Å². The summed E-state index contributed by atoms with van der Waals surface area (Å²) in [5, 5.41) is 0.629. The Labute approximate surface area is 118 Å². The van der Waals surface area contributed by atoms with E-state index in [1.54, 1.807) is 6.07 Å². The third-order valence-corrected chi connectivity index (χ3v) is 3.66. The molecule has 19 heavy (non-hydrogen) atoms. The molecular weight excluding hydrogens is 264 g/mol. The number of hydrogen-bond acceptors (Lipinski definition) is 4. The Morgan fingerprint density at radius 1 is 1.58 bits per heavy atom. The fraction of sp³-hybridized carbons (Fsp3) is 0.500. The van der Waals surface area contributed by atoms with Crippen molar-refractivity contribution in [2.45, 2.75) is 19.8 Å². The molecule has 1 aliphatic heterocycles. The minimum Gasteiger partial charge on any atom is -0.466 e. The van der Waals surface area contributed by atoms with Crippen molar-refractivity contribution < 1.29 is 9.53 Å². The minimum absolute atomic E-state index is 0.0673. The van der Waals surface area contributed by atoms with Crippen LogP contribution in [0.25, 0.3) is 0 Å². The summed E-state index contributed by atoms with van der Waals surface area (Å²) in [6, 6.07) is 5.48. The van der Waals surface area contributed by atoms with Crippen LogP contribution in [0.3, 0.4) is 0 Å². The number of ether oxygens (including phenoxy) is 1. The zero-order valence-electron chi connectivity index (χ0n) is 11.1. The lowest BCUT2D eigenvalue weighted by atomic mass is 9.97. The molecular formula is C14H19ClN2O2. The van der Waals surface area contributed by atoms with Gasteiger partial charge in [-0.25, -0.2) is 0 Å². The number of halogens is 1. The van der Waals surface area contributed by atoms with E-state index < -0.39 is 0 Å². The van der Waals surface area contributed by atoms with Crippen LogP contribution in [0.15, 0.2) is 18.2 Å². The monoisotopic (exact) mass is 282 g/mol. The summed E-state index contributed by atoms with van der Waals surface area (Å²) in [6.07, 6.45) is 1.84. The van der Waals surface area contributed by atoms with E-state index in [-0.39, 0.29) is 11.9 Å². The Bertz CT molecular complexity index is 465. The molecule has 0 radical (unpaired) electrons. The van der Waals surface area contributed by atoms with Gasteiger partial charge < -0.3 is 15.4 Å². The minimum atomic E-state index is -0.112. The number of nitrogen functional groups attached to an aromatic ring is 1. The molecule has 104 valence electrons. The van der Waals surface area contributed by atoms with Gasteiger partial charge in [-0.2, -0.15) is 0 Å². The predicted octanol–water partition coefficient (Wildman–Crippen LogP) is 2.70. The number of carbonyl (C=O) groups excluding carboxylic acids is 1. The van der Waals surface area contributed by atoms with Crippen LogP contribution >= 0.6 is 11.6 Å². The average Bonchev–Trinajstić information content (AvgIpc) is 2.39. The quantitative estimate of drug-likeness (QED) is 0.684. The number of benzene rings is 1. The second-order valence-corrected chi connectivity index (χ2v) is 5.16. The molecule has 1 aromatic rings. The van der Waals surface area contributed by atoms with Gasteiger partial charge in [-0.15, -0.1) is 0 Å². The second kappa shape index (κ2) is 6.15. The smallest absolute Gasteiger partial charge is 0.310 e. The van der Waals surface area contributed by atoms with Crippen molar-refractivity contribution in [2.24, 2.45) is 5.92 Å². The normalized spacial score (nSPS) is 19.3. The van der Waals surface area contributed by atoms with Crippen molar-refractivity contribution in [3.63, 3.8) is 0 Å². The van der Waals surface area contributed by atoms with Crippen molar-refractivity contribution in [3.05, 3.63) is 23.2 Å². The van der Waals surface area contributed by atoms with Gasteiger partial charge in [0.25, 0.3) is 0 Å². The third-order valence-electron chi connectivity index (χ3n) is 3.35. The number of rotatable bonds is 3. The van der Waals surface area contributed by atoms with Crippen LogP contribution in [-0.4, -0.2) is 25.7 Å². The first-order valence-electron chi connectivity index (χ1n) is 6.58. The average molecular weight is 283 g/mol. The van der Waals surface area contributed by atoms with Crippen LogP contribution in [0.2, 0.25) is 5.02 Å². The Morgan fingerprint density at radius 2 is 2.37 bits per heavy atom. The van der Waals surface area contributed by atoms with Crippen LogP contribution in [-0.2, 0) is 9.53 Å². The van der Waals surface area contributed by atoms with Gasteiger partial charge in [0.2, 0.25) is 0 Å². The van der Waals surface area contributed by atoms with E-state index in [0.29, 0.717) is 23.9 Å². The van der Waals surface area contributed by atoms with Gasteiger partial charge in [-0.1, -0.05) is 11.6 Å². The summed E-state index contributed by atoms with van der Waals surface area (Å²) < 4.78 is 5.10. The topological polar surface area (TPSA) is 55.6 Å². The zero-order valence-corrected chi connectivity index (χ0v) is 11.8. The zero-order chi connectivity index (χ0) is 13.8. The summed E-state index contributed by atoms with van der Waals surface area (Å²) >= 11 is 6.21. The lowest BCUT2D eigenvalue weighted by Crippen LogP contribution is -2.39. The lowest BCUT2D eigenvalue weighted by Gasteiger charge is -2.33. The van der Waals surface area contributed by atoms with Crippen molar-refractivity contribution >= 4 is 28.9 Å². The van der Waals surface area contributed by atoms with Crippen LogP contribution in [0.4, 0.5) is 11.4 Å². The molecule has 0 unspecified atom stereocenters. The molecule has 0 aromatic heterocycles. The van der Waals surface area contributed by atoms with Crippen LogP contribution in [0, 0.1) is 5.92 Å². The Balaban J connectivity index is 2.10. The summed E-state index contributed by atoms with van der Waals surface area (Å²) in [7, 11) is 0. The van der Waals surface area contributed by atoms with E-state index in [4.69, 9.17) is 22.1 Å². The highest BCUT2D eigenvalue weighted by Gasteiger charge is 2.27. The van der Waals surface area contributed by atoms with Crippen molar-refractivity contribution in [3.8, 4) is 0 Å². The van der Waals surface area contributed by atoms with Gasteiger partial charge in [0, 0.05) is 18.8 Å². The maximum Gasteiger partial charge on any atom is 0.310 e. The van der Waals surface area contributed by atoms with Crippen LogP contribution < -0.4 is 10.6 Å². The van der Waals surface area contributed by atoms with E-state index in [1.807, 2.05) is 19.1 Å². The number of hydrogen-bond donors (Lipinski definition) is 1. The number of anilines is 2. The molecule has 0 bridgehead atoms. The molecule has 1 aromatic carbocycles. The van der Waals surface area contributed by atoms with Crippen LogP contribution in [0.1, 0.15) is 19.8 Å². The van der Waals surface area contributed by atoms with Crippen molar-refractivity contribution in [2.75, 3.05) is 30.3 Å². The number of nitrogens with zero attached hydrogens (tertiary/aromatic N) is 1. The maximum absolute atomic E-state index is 11.8. The molecule has 4 nitrogen and oxygen atoms in total. The summed E-state index contributed by atoms with van der Waals surface area (Å²) in [5.41, 5.74) is 7.28. The molecule has 0 amide bonds. The Hall–Kier alpha value is -1.42. The molecule has 2 rings (SSSR count). The first-order chi connectivity index (χ1) is 9.11. The highest BCUT2D eigenvalue weighted by Crippen LogP contribution is 2.31.